The standard InChI is InChI=1S/C13H20N2O2/c1-4-5-6-7-8-9-15-11(3)12(13(16)17)10(2)14-15/h4H,1,5-9H2,2-3H3,(H,16,17). The van der Waals surface area contributed by atoms with Gasteiger partial charge in [-0.1, -0.05) is 12.5 Å². The van der Waals surface area contributed by atoms with Crippen LogP contribution >= 0.6 is 0 Å². The lowest BCUT2D eigenvalue weighted by molar-refractivity contribution is 0.0695. The highest BCUT2D eigenvalue weighted by Gasteiger charge is 2.16. The number of aromatic nitrogens is 2. The smallest absolute Gasteiger partial charge is 0.339 e. The normalized spacial score (nSPS) is 10.5. The van der Waals surface area contributed by atoms with Gasteiger partial charge in [0.05, 0.1) is 11.4 Å². The van der Waals surface area contributed by atoms with Crippen LogP contribution in [0.15, 0.2) is 12.7 Å². The third kappa shape index (κ3) is 3.44. The van der Waals surface area contributed by atoms with Crippen molar-refractivity contribution < 1.29 is 9.90 Å². The van der Waals surface area contributed by atoms with Gasteiger partial charge >= 0.3 is 5.97 Å². The number of carboxylic acids is 1. The first-order valence-electron chi connectivity index (χ1n) is 5.96. The molecule has 17 heavy (non-hydrogen) atoms. The summed E-state index contributed by atoms with van der Waals surface area (Å²) in [7, 11) is 0. The second-order valence-corrected chi connectivity index (χ2v) is 4.21. The van der Waals surface area contributed by atoms with Gasteiger partial charge < -0.3 is 5.11 Å². The third-order valence-electron chi connectivity index (χ3n) is 2.87. The molecule has 94 valence electrons. The minimum atomic E-state index is -0.891. The van der Waals surface area contributed by atoms with Crippen LogP contribution < -0.4 is 0 Å². The van der Waals surface area contributed by atoms with Crippen LogP contribution in [0, 0.1) is 13.8 Å². The number of allylic oxidation sites excluding steroid dienone is 1. The topological polar surface area (TPSA) is 55.1 Å². The molecule has 0 atom stereocenters. The first-order valence-corrected chi connectivity index (χ1v) is 5.96. The van der Waals surface area contributed by atoms with Crippen molar-refractivity contribution in [2.24, 2.45) is 0 Å². The molecular formula is C13H20N2O2. The monoisotopic (exact) mass is 236 g/mol. The molecular weight excluding hydrogens is 216 g/mol. The molecule has 0 fully saturated rings. The molecule has 1 heterocycles. The molecule has 0 bridgehead atoms. The predicted molar refractivity (Wildman–Crippen MR) is 67.3 cm³/mol. The Bertz CT molecular complexity index is 408. The van der Waals surface area contributed by atoms with E-state index in [0.717, 1.165) is 37.9 Å². The second-order valence-electron chi connectivity index (χ2n) is 4.21. The van der Waals surface area contributed by atoms with Crippen LogP contribution in [0.1, 0.15) is 47.4 Å². The molecule has 0 aliphatic heterocycles. The minimum Gasteiger partial charge on any atom is -0.478 e. The van der Waals surface area contributed by atoms with E-state index in [2.05, 4.69) is 11.7 Å². The number of unbranched alkanes of at least 4 members (excludes halogenated alkanes) is 3. The van der Waals surface area contributed by atoms with Gasteiger partial charge in [-0.05, 0) is 33.1 Å². The van der Waals surface area contributed by atoms with Gasteiger partial charge in [0, 0.05) is 6.54 Å². The predicted octanol–water partition coefficient (Wildman–Crippen LogP) is 2.94. The highest BCUT2D eigenvalue weighted by atomic mass is 16.4. The number of rotatable bonds is 7. The van der Waals surface area contributed by atoms with Gasteiger partial charge in [0.15, 0.2) is 0 Å². The van der Waals surface area contributed by atoms with Gasteiger partial charge in [0.2, 0.25) is 0 Å². The zero-order chi connectivity index (χ0) is 12.8. The molecule has 0 spiro atoms. The fourth-order valence-electron chi connectivity index (χ4n) is 1.95. The summed E-state index contributed by atoms with van der Waals surface area (Å²) in [5.41, 5.74) is 1.69. The lowest BCUT2D eigenvalue weighted by Gasteiger charge is -2.03. The van der Waals surface area contributed by atoms with Crippen LogP contribution in [0.2, 0.25) is 0 Å². The maximum atomic E-state index is 11.0. The van der Waals surface area contributed by atoms with Crippen molar-refractivity contribution in [3.8, 4) is 0 Å². The first kappa shape index (κ1) is 13.5. The summed E-state index contributed by atoms with van der Waals surface area (Å²) in [6.45, 7) is 8.02. The molecule has 0 aliphatic carbocycles. The molecule has 1 rings (SSSR count). The van der Waals surface area contributed by atoms with Gasteiger partial charge in [0.25, 0.3) is 0 Å². The van der Waals surface area contributed by atoms with E-state index in [1.54, 1.807) is 11.6 Å². The Morgan fingerprint density at radius 3 is 2.65 bits per heavy atom. The molecule has 0 radical (unpaired) electrons. The molecule has 0 amide bonds. The third-order valence-corrected chi connectivity index (χ3v) is 2.87. The molecule has 4 nitrogen and oxygen atoms in total. The minimum absolute atomic E-state index is 0.344. The number of hydrogen-bond acceptors (Lipinski definition) is 2. The summed E-state index contributed by atoms with van der Waals surface area (Å²) in [4.78, 5) is 11.0. The van der Waals surface area contributed by atoms with E-state index in [1.165, 1.54) is 0 Å². The summed E-state index contributed by atoms with van der Waals surface area (Å²) in [6.07, 6.45) is 6.24. The van der Waals surface area contributed by atoms with E-state index in [-0.39, 0.29) is 0 Å². The van der Waals surface area contributed by atoms with E-state index in [9.17, 15) is 4.79 Å². The van der Waals surface area contributed by atoms with Gasteiger partial charge in [-0.25, -0.2) is 4.79 Å². The SMILES string of the molecule is C=CCCCCCn1nc(C)c(C(=O)O)c1C. The Kier molecular flexibility index (Phi) is 4.94. The van der Waals surface area contributed by atoms with Gasteiger partial charge in [-0.15, -0.1) is 6.58 Å². The molecule has 1 aromatic heterocycles. The van der Waals surface area contributed by atoms with Crippen molar-refractivity contribution in [2.75, 3.05) is 0 Å². The van der Waals surface area contributed by atoms with E-state index in [1.807, 2.05) is 13.0 Å². The molecule has 0 saturated carbocycles. The van der Waals surface area contributed by atoms with Crippen LogP contribution in [0.3, 0.4) is 0 Å². The Labute approximate surface area is 102 Å². The summed E-state index contributed by atoms with van der Waals surface area (Å²) in [5.74, 6) is -0.891. The summed E-state index contributed by atoms with van der Waals surface area (Å²) in [5, 5.41) is 13.3. The number of aromatic carboxylic acids is 1. The van der Waals surface area contributed by atoms with Crippen LogP contribution in [-0.2, 0) is 6.54 Å². The van der Waals surface area contributed by atoms with Crippen LogP contribution in [-0.4, -0.2) is 20.9 Å². The number of nitrogens with zero attached hydrogens (tertiary/aromatic N) is 2. The first-order chi connectivity index (χ1) is 8.07. The molecule has 0 saturated heterocycles. The van der Waals surface area contributed by atoms with E-state index in [0.29, 0.717) is 11.3 Å². The lowest BCUT2D eigenvalue weighted by atomic mass is 10.2. The average Bonchev–Trinajstić information content (AvgIpc) is 2.53. The van der Waals surface area contributed by atoms with Crippen molar-refractivity contribution in [3.63, 3.8) is 0 Å². The van der Waals surface area contributed by atoms with E-state index < -0.39 is 5.97 Å². The zero-order valence-electron chi connectivity index (χ0n) is 10.6. The quantitative estimate of drug-likeness (QED) is 0.585. The van der Waals surface area contributed by atoms with Crippen molar-refractivity contribution in [2.45, 2.75) is 46.1 Å². The van der Waals surface area contributed by atoms with Crippen LogP contribution in [0.5, 0.6) is 0 Å². The fraction of sp³-hybridized carbons (Fsp3) is 0.538. The number of aryl methyl sites for hydroxylation is 2. The van der Waals surface area contributed by atoms with Crippen molar-refractivity contribution in [1.29, 1.82) is 0 Å². The number of carboxylic acid groups (broad SMARTS) is 1. The maximum absolute atomic E-state index is 11.0. The van der Waals surface area contributed by atoms with Crippen LogP contribution in [0.25, 0.3) is 0 Å². The fourth-order valence-corrected chi connectivity index (χ4v) is 1.95. The van der Waals surface area contributed by atoms with Crippen LogP contribution in [0.4, 0.5) is 0 Å². The Hall–Kier alpha value is -1.58. The Balaban J connectivity index is 2.57. The second kappa shape index (κ2) is 6.23. The Morgan fingerprint density at radius 1 is 1.41 bits per heavy atom. The summed E-state index contributed by atoms with van der Waals surface area (Å²) in [6, 6.07) is 0. The number of carbonyl (C=O) groups is 1. The maximum Gasteiger partial charge on any atom is 0.339 e. The molecule has 4 heteroatoms. The van der Waals surface area contributed by atoms with Crippen molar-refractivity contribution in [3.05, 3.63) is 29.6 Å². The molecule has 0 aromatic carbocycles. The molecule has 0 aliphatic rings. The van der Waals surface area contributed by atoms with E-state index in [4.69, 9.17) is 5.11 Å². The van der Waals surface area contributed by atoms with E-state index >= 15 is 0 Å². The number of hydrogen-bond donors (Lipinski definition) is 1. The zero-order valence-corrected chi connectivity index (χ0v) is 10.6. The molecule has 1 N–H and O–H groups in total. The Morgan fingerprint density at radius 2 is 2.12 bits per heavy atom. The lowest BCUT2D eigenvalue weighted by Crippen LogP contribution is -2.04. The van der Waals surface area contributed by atoms with Crippen molar-refractivity contribution >= 4 is 5.97 Å². The van der Waals surface area contributed by atoms with Gasteiger partial charge in [-0.2, -0.15) is 5.10 Å². The van der Waals surface area contributed by atoms with Gasteiger partial charge in [0.1, 0.15) is 5.56 Å². The average molecular weight is 236 g/mol. The molecule has 0 unspecified atom stereocenters. The largest absolute Gasteiger partial charge is 0.478 e. The highest BCUT2D eigenvalue weighted by molar-refractivity contribution is 5.90. The summed E-state index contributed by atoms with van der Waals surface area (Å²) < 4.78 is 1.80. The summed E-state index contributed by atoms with van der Waals surface area (Å²) >= 11 is 0. The van der Waals surface area contributed by atoms with Crippen molar-refractivity contribution in [1.82, 2.24) is 9.78 Å². The van der Waals surface area contributed by atoms with Gasteiger partial charge in [-0.3, -0.25) is 4.68 Å². The highest BCUT2D eigenvalue weighted by Crippen LogP contribution is 2.14. The molecule has 1 aromatic rings.